The van der Waals surface area contributed by atoms with E-state index < -0.39 is 0 Å². The van der Waals surface area contributed by atoms with Crippen molar-refractivity contribution in [2.45, 2.75) is 32.4 Å². The summed E-state index contributed by atoms with van der Waals surface area (Å²) >= 11 is 0. The molecular formula is C18H23NO. The summed E-state index contributed by atoms with van der Waals surface area (Å²) < 4.78 is 5.40. The van der Waals surface area contributed by atoms with Crippen LogP contribution in [0, 0.1) is 0 Å². The first-order chi connectivity index (χ1) is 9.85. The summed E-state index contributed by atoms with van der Waals surface area (Å²) in [6.45, 7) is 3.05. The Hall–Kier alpha value is -1.80. The minimum absolute atomic E-state index is 0.395. The van der Waals surface area contributed by atoms with Gasteiger partial charge >= 0.3 is 0 Å². The third kappa shape index (κ3) is 3.84. The van der Waals surface area contributed by atoms with Crippen molar-refractivity contribution < 1.29 is 4.74 Å². The van der Waals surface area contributed by atoms with Crippen LogP contribution in [0.5, 0.6) is 5.75 Å². The van der Waals surface area contributed by atoms with E-state index in [0.717, 1.165) is 18.7 Å². The van der Waals surface area contributed by atoms with E-state index in [0.29, 0.717) is 6.04 Å². The van der Waals surface area contributed by atoms with E-state index in [2.05, 4.69) is 54.7 Å². The molecule has 0 aliphatic rings. The van der Waals surface area contributed by atoms with E-state index in [4.69, 9.17) is 4.74 Å². The molecule has 2 rings (SSSR count). The highest BCUT2D eigenvalue weighted by Crippen LogP contribution is 2.21. The SMILES string of the molecule is CCC[C@@H](NCc1ccccc1OC)c1ccccc1. The highest BCUT2D eigenvalue weighted by molar-refractivity contribution is 5.33. The van der Waals surface area contributed by atoms with Crippen LogP contribution in [0.25, 0.3) is 0 Å². The van der Waals surface area contributed by atoms with Crippen molar-refractivity contribution in [3.8, 4) is 5.75 Å². The number of rotatable bonds is 7. The summed E-state index contributed by atoms with van der Waals surface area (Å²) in [5.41, 5.74) is 2.55. The van der Waals surface area contributed by atoms with Gasteiger partial charge in [-0.05, 0) is 18.1 Å². The number of nitrogens with one attached hydrogen (secondary N) is 1. The van der Waals surface area contributed by atoms with E-state index in [9.17, 15) is 0 Å². The van der Waals surface area contributed by atoms with Gasteiger partial charge in [-0.1, -0.05) is 61.9 Å². The molecule has 0 aromatic heterocycles. The Morgan fingerprint density at radius 2 is 1.70 bits per heavy atom. The number of ether oxygens (including phenoxy) is 1. The number of para-hydroxylation sites is 1. The van der Waals surface area contributed by atoms with Crippen molar-refractivity contribution >= 4 is 0 Å². The first-order valence-electron chi connectivity index (χ1n) is 7.25. The minimum Gasteiger partial charge on any atom is -0.496 e. The molecule has 0 amide bonds. The maximum absolute atomic E-state index is 5.40. The zero-order valence-corrected chi connectivity index (χ0v) is 12.3. The van der Waals surface area contributed by atoms with Crippen molar-refractivity contribution in [1.82, 2.24) is 5.32 Å². The van der Waals surface area contributed by atoms with E-state index >= 15 is 0 Å². The smallest absolute Gasteiger partial charge is 0.123 e. The van der Waals surface area contributed by atoms with Crippen molar-refractivity contribution in [3.05, 3.63) is 65.7 Å². The van der Waals surface area contributed by atoms with Gasteiger partial charge < -0.3 is 10.1 Å². The fraction of sp³-hybridized carbons (Fsp3) is 0.333. The van der Waals surface area contributed by atoms with Gasteiger partial charge in [-0.2, -0.15) is 0 Å². The summed E-state index contributed by atoms with van der Waals surface area (Å²) in [5.74, 6) is 0.948. The number of hydrogen-bond acceptors (Lipinski definition) is 2. The van der Waals surface area contributed by atoms with Crippen molar-refractivity contribution in [1.29, 1.82) is 0 Å². The van der Waals surface area contributed by atoms with Gasteiger partial charge in [0.2, 0.25) is 0 Å². The Labute approximate surface area is 121 Å². The van der Waals surface area contributed by atoms with E-state index in [1.54, 1.807) is 7.11 Å². The lowest BCUT2D eigenvalue weighted by Gasteiger charge is -2.19. The number of benzene rings is 2. The Morgan fingerprint density at radius 1 is 1.00 bits per heavy atom. The standard InChI is InChI=1S/C18H23NO/c1-3-9-17(15-10-5-4-6-11-15)19-14-16-12-7-8-13-18(16)20-2/h4-8,10-13,17,19H,3,9,14H2,1-2H3/t17-/m1/s1. The topological polar surface area (TPSA) is 21.3 Å². The maximum Gasteiger partial charge on any atom is 0.123 e. The quantitative estimate of drug-likeness (QED) is 0.808. The first-order valence-corrected chi connectivity index (χ1v) is 7.25. The fourth-order valence-corrected chi connectivity index (χ4v) is 2.44. The average Bonchev–Trinajstić information content (AvgIpc) is 2.52. The lowest BCUT2D eigenvalue weighted by atomic mass is 10.0. The summed E-state index contributed by atoms with van der Waals surface area (Å²) in [5, 5.41) is 3.65. The van der Waals surface area contributed by atoms with Gasteiger partial charge in [-0.3, -0.25) is 0 Å². The van der Waals surface area contributed by atoms with Gasteiger partial charge in [0.25, 0.3) is 0 Å². The predicted molar refractivity (Wildman–Crippen MR) is 83.9 cm³/mol. The molecule has 0 radical (unpaired) electrons. The van der Waals surface area contributed by atoms with Gasteiger partial charge in [0.1, 0.15) is 5.75 Å². The van der Waals surface area contributed by atoms with Gasteiger partial charge in [0, 0.05) is 18.2 Å². The molecule has 106 valence electrons. The first kappa shape index (κ1) is 14.6. The summed E-state index contributed by atoms with van der Waals surface area (Å²) in [7, 11) is 1.72. The number of hydrogen-bond donors (Lipinski definition) is 1. The monoisotopic (exact) mass is 269 g/mol. The molecule has 1 N–H and O–H groups in total. The summed E-state index contributed by atoms with van der Waals surface area (Å²) in [6, 6.07) is 19.2. The second-order valence-corrected chi connectivity index (χ2v) is 4.94. The second kappa shape index (κ2) is 7.71. The van der Waals surface area contributed by atoms with Gasteiger partial charge in [0.15, 0.2) is 0 Å². The molecule has 1 atom stereocenters. The molecule has 0 aliphatic heterocycles. The molecule has 2 nitrogen and oxygen atoms in total. The van der Waals surface area contributed by atoms with Crippen LogP contribution in [-0.4, -0.2) is 7.11 Å². The van der Waals surface area contributed by atoms with E-state index in [-0.39, 0.29) is 0 Å². The third-order valence-corrected chi connectivity index (χ3v) is 3.51. The average molecular weight is 269 g/mol. The van der Waals surface area contributed by atoms with Gasteiger partial charge in [0.05, 0.1) is 7.11 Å². The molecule has 0 heterocycles. The Morgan fingerprint density at radius 3 is 2.40 bits per heavy atom. The van der Waals surface area contributed by atoms with Crippen LogP contribution in [0.3, 0.4) is 0 Å². The van der Waals surface area contributed by atoms with Crippen LogP contribution in [0.15, 0.2) is 54.6 Å². The highest BCUT2D eigenvalue weighted by atomic mass is 16.5. The van der Waals surface area contributed by atoms with E-state index in [1.807, 2.05) is 12.1 Å². The zero-order valence-electron chi connectivity index (χ0n) is 12.3. The normalized spacial score (nSPS) is 12.1. The van der Waals surface area contributed by atoms with Crippen molar-refractivity contribution in [3.63, 3.8) is 0 Å². The van der Waals surface area contributed by atoms with Crippen molar-refractivity contribution in [2.75, 3.05) is 7.11 Å². The number of methoxy groups -OCH3 is 1. The van der Waals surface area contributed by atoms with Crippen LogP contribution in [-0.2, 0) is 6.54 Å². The van der Waals surface area contributed by atoms with Crippen molar-refractivity contribution in [2.24, 2.45) is 0 Å². The summed E-state index contributed by atoms with van der Waals surface area (Å²) in [6.07, 6.45) is 2.30. The molecule has 2 aromatic carbocycles. The molecule has 0 spiro atoms. The predicted octanol–water partition coefficient (Wildman–Crippen LogP) is 4.33. The molecular weight excluding hydrogens is 246 g/mol. The lowest BCUT2D eigenvalue weighted by Crippen LogP contribution is -2.21. The van der Waals surface area contributed by atoms with Crippen LogP contribution in [0.4, 0.5) is 0 Å². The van der Waals surface area contributed by atoms with Gasteiger partial charge in [-0.25, -0.2) is 0 Å². The van der Waals surface area contributed by atoms with Crippen LogP contribution in [0.2, 0.25) is 0 Å². The van der Waals surface area contributed by atoms with Crippen LogP contribution < -0.4 is 10.1 Å². The lowest BCUT2D eigenvalue weighted by molar-refractivity contribution is 0.403. The maximum atomic E-state index is 5.40. The molecule has 0 aliphatic carbocycles. The highest BCUT2D eigenvalue weighted by Gasteiger charge is 2.10. The molecule has 0 saturated heterocycles. The molecule has 0 saturated carbocycles. The fourth-order valence-electron chi connectivity index (χ4n) is 2.44. The third-order valence-electron chi connectivity index (χ3n) is 3.51. The molecule has 0 fully saturated rings. The zero-order chi connectivity index (χ0) is 14.2. The van der Waals surface area contributed by atoms with Gasteiger partial charge in [-0.15, -0.1) is 0 Å². The molecule has 20 heavy (non-hydrogen) atoms. The molecule has 0 bridgehead atoms. The Bertz CT molecular complexity index is 510. The largest absolute Gasteiger partial charge is 0.496 e. The molecule has 2 aromatic rings. The van der Waals surface area contributed by atoms with Crippen LogP contribution in [0.1, 0.15) is 36.9 Å². The minimum atomic E-state index is 0.395. The molecule has 0 unspecified atom stereocenters. The van der Waals surface area contributed by atoms with Crippen LogP contribution >= 0.6 is 0 Å². The van der Waals surface area contributed by atoms with E-state index in [1.165, 1.54) is 17.5 Å². The second-order valence-electron chi connectivity index (χ2n) is 4.94. The Kier molecular flexibility index (Phi) is 5.63. The summed E-state index contributed by atoms with van der Waals surface area (Å²) in [4.78, 5) is 0. The molecule has 2 heteroatoms. The Balaban J connectivity index is 2.06.